The number of nitrogens with zero attached hydrogens (tertiary/aromatic N) is 2. The van der Waals surface area contributed by atoms with E-state index in [2.05, 4.69) is 20.2 Å². The Bertz CT molecular complexity index is 710. The summed E-state index contributed by atoms with van der Waals surface area (Å²) in [6.07, 6.45) is 0.650. The highest BCUT2D eigenvalue weighted by atomic mass is 32.2. The van der Waals surface area contributed by atoms with E-state index in [1.54, 1.807) is 31.2 Å². The van der Waals surface area contributed by atoms with Gasteiger partial charge >= 0.3 is 0 Å². The zero-order valence-corrected chi connectivity index (χ0v) is 13.6. The van der Waals surface area contributed by atoms with Crippen molar-refractivity contribution in [2.45, 2.75) is 31.2 Å². The maximum Gasteiger partial charge on any atom is 0.240 e. The number of rotatable bonds is 7. The molecule has 0 unspecified atom stereocenters. The smallest absolute Gasteiger partial charge is 0.240 e. The van der Waals surface area contributed by atoms with Crippen LogP contribution in [0.2, 0.25) is 0 Å². The molecule has 0 radical (unpaired) electrons. The third-order valence-corrected chi connectivity index (χ3v) is 4.75. The normalized spacial score (nSPS) is 13.2. The Kier molecular flexibility index (Phi) is 5.28. The molecule has 7 nitrogen and oxygen atoms in total. The highest BCUT2D eigenvalue weighted by Gasteiger charge is 2.12. The SMILES string of the molecule is CNS(=O)(=O)c1ccc([C@@H](C)NCCc2nc(C)no2)cc1. The van der Waals surface area contributed by atoms with Gasteiger partial charge < -0.3 is 9.84 Å². The van der Waals surface area contributed by atoms with E-state index in [-0.39, 0.29) is 10.9 Å². The number of aryl methyl sites for hydroxylation is 1. The Morgan fingerprint density at radius 2 is 1.95 bits per heavy atom. The standard InChI is InChI=1S/C14H20N4O3S/c1-10(16-9-8-14-17-11(2)18-21-14)12-4-6-13(7-5-12)22(19,20)15-3/h4-7,10,15-16H,8-9H2,1-3H3/t10-/m1/s1. The topological polar surface area (TPSA) is 97.1 Å². The van der Waals surface area contributed by atoms with Crippen molar-refractivity contribution < 1.29 is 12.9 Å². The molecule has 0 fully saturated rings. The fourth-order valence-corrected chi connectivity index (χ4v) is 2.74. The largest absolute Gasteiger partial charge is 0.339 e. The first-order valence-corrected chi connectivity index (χ1v) is 8.47. The lowest BCUT2D eigenvalue weighted by Crippen LogP contribution is -2.22. The van der Waals surface area contributed by atoms with E-state index in [9.17, 15) is 8.42 Å². The molecule has 0 saturated carbocycles. The van der Waals surface area contributed by atoms with Crippen LogP contribution in [0.15, 0.2) is 33.7 Å². The molecule has 8 heteroatoms. The number of hydrogen-bond acceptors (Lipinski definition) is 6. The van der Waals surface area contributed by atoms with Gasteiger partial charge in [-0.1, -0.05) is 17.3 Å². The zero-order chi connectivity index (χ0) is 16.2. The van der Waals surface area contributed by atoms with Crippen LogP contribution in [0.25, 0.3) is 0 Å². The molecule has 0 aliphatic carbocycles. The molecule has 0 bridgehead atoms. The van der Waals surface area contributed by atoms with Crippen LogP contribution in [0.5, 0.6) is 0 Å². The lowest BCUT2D eigenvalue weighted by molar-refractivity contribution is 0.370. The van der Waals surface area contributed by atoms with Gasteiger partial charge in [-0.05, 0) is 38.6 Å². The molecule has 1 aromatic carbocycles. The average molecular weight is 324 g/mol. The van der Waals surface area contributed by atoms with Gasteiger partial charge in [0.05, 0.1) is 4.90 Å². The van der Waals surface area contributed by atoms with Crippen LogP contribution in [0.3, 0.4) is 0 Å². The lowest BCUT2D eigenvalue weighted by atomic mass is 10.1. The van der Waals surface area contributed by atoms with Crippen molar-refractivity contribution in [2.24, 2.45) is 0 Å². The Labute approximate surface area is 130 Å². The Balaban J connectivity index is 1.91. The summed E-state index contributed by atoms with van der Waals surface area (Å²) in [5.74, 6) is 1.23. The number of nitrogens with one attached hydrogen (secondary N) is 2. The van der Waals surface area contributed by atoms with E-state index in [0.717, 1.165) is 5.56 Å². The maximum atomic E-state index is 11.7. The molecule has 0 saturated heterocycles. The van der Waals surface area contributed by atoms with Crippen molar-refractivity contribution in [1.29, 1.82) is 0 Å². The quantitative estimate of drug-likeness (QED) is 0.794. The number of sulfonamides is 1. The van der Waals surface area contributed by atoms with Crippen LogP contribution < -0.4 is 10.0 Å². The van der Waals surface area contributed by atoms with Crippen molar-refractivity contribution in [3.8, 4) is 0 Å². The maximum absolute atomic E-state index is 11.7. The summed E-state index contributed by atoms with van der Waals surface area (Å²) in [4.78, 5) is 4.39. The molecular weight excluding hydrogens is 304 g/mol. The van der Waals surface area contributed by atoms with Crippen molar-refractivity contribution >= 4 is 10.0 Å². The van der Waals surface area contributed by atoms with E-state index < -0.39 is 10.0 Å². The molecule has 0 aliphatic heterocycles. The minimum atomic E-state index is -3.39. The van der Waals surface area contributed by atoms with Gasteiger partial charge in [0.2, 0.25) is 15.9 Å². The molecule has 2 N–H and O–H groups in total. The number of aromatic nitrogens is 2. The van der Waals surface area contributed by atoms with Crippen LogP contribution in [-0.2, 0) is 16.4 Å². The first-order chi connectivity index (χ1) is 10.4. The van der Waals surface area contributed by atoms with Crippen LogP contribution in [-0.4, -0.2) is 32.2 Å². The molecule has 2 aromatic rings. The molecule has 22 heavy (non-hydrogen) atoms. The van der Waals surface area contributed by atoms with E-state index in [1.807, 2.05) is 6.92 Å². The minimum absolute atomic E-state index is 0.0929. The summed E-state index contributed by atoms with van der Waals surface area (Å²) in [6, 6.07) is 6.90. The first-order valence-electron chi connectivity index (χ1n) is 6.98. The van der Waals surface area contributed by atoms with Gasteiger partial charge in [-0.2, -0.15) is 4.98 Å². The average Bonchev–Trinajstić information content (AvgIpc) is 2.93. The Morgan fingerprint density at radius 3 is 2.50 bits per heavy atom. The molecule has 1 aromatic heterocycles. The third-order valence-electron chi connectivity index (χ3n) is 3.32. The zero-order valence-electron chi connectivity index (χ0n) is 12.8. The second-order valence-corrected chi connectivity index (χ2v) is 6.82. The van der Waals surface area contributed by atoms with Crippen LogP contribution in [0.1, 0.15) is 30.2 Å². The molecule has 120 valence electrons. The summed E-state index contributed by atoms with van der Waals surface area (Å²) in [5, 5.41) is 7.07. The number of benzene rings is 1. The highest BCUT2D eigenvalue weighted by molar-refractivity contribution is 7.89. The molecule has 0 aliphatic rings. The fraction of sp³-hybridized carbons (Fsp3) is 0.429. The van der Waals surface area contributed by atoms with Crippen molar-refractivity contribution in [1.82, 2.24) is 20.2 Å². The van der Waals surface area contributed by atoms with Gasteiger partial charge in [-0.25, -0.2) is 13.1 Å². The van der Waals surface area contributed by atoms with Gasteiger partial charge in [0.15, 0.2) is 5.82 Å². The van der Waals surface area contributed by atoms with Gasteiger partial charge in [0.1, 0.15) is 0 Å². The van der Waals surface area contributed by atoms with Gasteiger partial charge in [-0.15, -0.1) is 0 Å². The molecule has 0 spiro atoms. The Hall–Kier alpha value is -1.77. The predicted molar refractivity (Wildman–Crippen MR) is 81.8 cm³/mol. The van der Waals surface area contributed by atoms with Crippen LogP contribution in [0.4, 0.5) is 0 Å². The molecule has 1 heterocycles. The first kappa shape index (κ1) is 16.6. The lowest BCUT2D eigenvalue weighted by Gasteiger charge is -2.14. The molecule has 1 atom stereocenters. The summed E-state index contributed by atoms with van der Waals surface area (Å²) in [6.45, 7) is 4.49. The summed E-state index contributed by atoms with van der Waals surface area (Å²) in [7, 11) is -1.99. The summed E-state index contributed by atoms with van der Waals surface area (Å²) in [5.41, 5.74) is 1.01. The van der Waals surface area contributed by atoms with Crippen molar-refractivity contribution in [3.63, 3.8) is 0 Å². The van der Waals surface area contributed by atoms with E-state index >= 15 is 0 Å². The Morgan fingerprint density at radius 1 is 1.27 bits per heavy atom. The predicted octanol–water partition coefficient (Wildman–Crippen LogP) is 1.18. The van der Waals surface area contributed by atoms with E-state index in [4.69, 9.17) is 4.52 Å². The van der Waals surface area contributed by atoms with Crippen LogP contribution >= 0.6 is 0 Å². The van der Waals surface area contributed by atoms with Gasteiger partial charge in [-0.3, -0.25) is 0 Å². The second-order valence-electron chi connectivity index (χ2n) is 4.94. The monoisotopic (exact) mass is 324 g/mol. The minimum Gasteiger partial charge on any atom is -0.339 e. The molecule has 2 rings (SSSR count). The van der Waals surface area contributed by atoms with Crippen molar-refractivity contribution in [2.75, 3.05) is 13.6 Å². The van der Waals surface area contributed by atoms with Crippen molar-refractivity contribution in [3.05, 3.63) is 41.5 Å². The van der Waals surface area contributed by atoms with Crippen LogP contribution in [0, 0.1) is 6.92 Å². The highest BCUT2D eigenvalue weighted by Crippen LogP contribution is 2.16. The summed E-state index contributed by atoms with van der Waals surface area (Å²) < 4.78 is 30.7. The van der Waals surface area contributed by atoms with E-state index in [1.165, 1.54) is 7.05 Å². The molecule has 0 amide bonds. The number of hydrogen-bond donors (Lipinski definition) is 2. The summed E-state index contributed by atoms with van der Waals surface area (Å²) >= 11 is 0. The fourth-order valence-electron chi connectivity index (χ4n) is 2.01. The third kappa shape index (κ3) is 4.12. The second kappa shape index (κ2) is 6.99. The van der Waals surface area contributed by atoms with Gasteiger partial charge in [0.25, 0.3) is 0 Å². The van der Waals surface area contributed by atoms with Gasteiger partial charge in [0, 0.05) is 19.0 Å². The van der Waals surface area contributed by atoms with E-state index in [0.29, 0.717) is 24.7 Å². The molecular formula is C14H20N4O3S.